The van der Waals surface area contributed by atoms with Gasteiger partial charge in [-0.25, -0.2) is 0 Å². The van der Waals surface area contributed by atoms with Crippen molar-refractivity contribution in [1.82, 2.24) is 14.4 Å². The van der Waals surface area contributed by atoms with Crippen molar-refractivity contribution in [2.75, 3.05) is 19.6 Å². The van der Waals surface area contributed by atoms with Crippen molar-refractivity contribution in [2.24, 2.45) is 11.8 Å². The molecule has 0 saturated carbocycles. The average Bonchev–Trinajstić information content (AvgIpc) is 3.26. The molecule has 7 heteroatoms. The van der Waals surface area contributed by atoms with Crippen LogP contribution in [-0.2, 0) is 22.6 Å². The molecule has 176 valence electrons. The van der Waals surface area contributed by atoms with Gasteiger partial charge in [-0.1, -0.05) is 45.9 Å². The van der Waals surface area contributed by atoms with E-state index in [9.17, 15) is 14.4 Å². The van der Waals surface area contributed by atoms with E-state index in [0.717, 1.165) is 60.6 Å². The van der Waals surface area contributed by atoms with Crippen molar-refractivity contribution in [3.05, 3.63) is 40.4 Å². The Kier molecular flexibility index (Phi) is 6.98. The summed E-state index contributed by atoms with van der Waals surface area (Å²) < 4.78 is 2.03. The van der Waals surface area contributed by atoms with Crippen molar-refractivity contribution < 1.29 is 14.4 Å². The summed E-state index contributed by atoms with van der Waals surface area (Å²) in [6.45, 7) is 10.7. The second-order valence-electron chi connectivity index (χ2n) is 9.63. The van der Waals surface area contributed by atoms with E-state index in [-0.39, 0.29) is 29.5 Å². The number of amides is 3. The summed E-state index contributed by atoms with van der Waals surface area (Å²) in [5.41, 5.74) is 3.07. The van der Waals surface area contributed by atoms with E-state index in [2.05, 4.69) is 19.9 Å². The van der Waals surface area contributed by atoms with Crippen LogP contribution in [0, 0.1) is 11.8 Å². The fraction of sp³-hybridized carbons (Fsp3) is 0.500. The highest BCUT2D eigenvalue weighted by Gasteiger charge is 2.35. The Morgan fingerprint density at radius 2 is 1.94 bits per heavy atom. The van der Waals surface area contributed by atoms with Crippen LogP contribution < -0.4 is 0 Å². The number of aromatic nitrogens is 1. The van der Waals surface area contributed by atoms with E-state index in [1.54, 1.807) is 0 Å². The number of para-hydroxylation sites is 1. The highest BCUT2D eigenvalue weighted by molar-refractivity contribution is 8.18. The van der Waals surface area contributed by atoms with Gasteiger partial charge in [-0.05, 0) is 54.5 Å². The number of nitrogens with zero attached hydrogens (tertiary/aromatic N) is 3. The van der Waals surface area contributed by atoms with Crippen LogP contribution >= 0.6 is 11.8 Å². The SMILES string of the molecule is CCc1cccc2c(/C=C3\SC(=O)N(CC(C)C)C3=O)cn(CC(=O)N3CCC(C)CC3)c12. The van der Waals surface area contributed by atoms with Crippen LogP contribution in [0.5, 0.6) is 0 Å². The zero-order valence-electron chi connectivity index (χ0n) is 20.0. The van der Waals surface area contributed by atoms with Crippen LogP contribution in [0.2, 0.25) is 0 Å². The molecule has 3 heterocycles. The third-order valence-corrected chi connectivity index (χ3v) is 7.45. The molecular weight excluding hydrogens is 434 g/mol. The van der Waals surface area contributed by atoms with Gasteiger partial charge in [0.05, 0.1) is 10.4 Å². The van der Waals surface area contributed by atoms with E-state index >= 15 is 0 Å². The maximum atomic E-state index is 13.1. The third kappa shape index (κ3) is 4.88. The second kappa shape index (κ2) is 9.75. The summed E-state index contributed by atoms with van der Waals surface area (Å²) in [7, 11) is 0. The summed E-state index contributed by atoms with van der Waals surface area (Å²) in [5.74, 6) is 0.791. The summed E-state index contributed by atoms with van der Waals surface area (Å²) in [6.07, 6.45) is 6.73. The van der Waals surface area contributed by atoms with Gasteiger partial charge in [0.2, 0.25) is 5.91 Å². The maximum Gasteiger partial charge on any atom is 0.293 e. The minimum absolute atomic E-state index is 0.133. The number of hydrogen-bond donors (Lipinski definition) is 0. The van der Waals surface area contributed by atoms with E-state index in [1.165, 1.54) is 10.5 Å². The number of fused-ring (bicyclic) bond motifs is 1. The van der Waals surface area contributed by atoms with Gasteiger partial charge in [0.15, 0.2) is 0 Å². The minimum atomic E-state index is -0.232. The molecule has 0 N–H and O–H groups in total. The van der Waals surface area contributed by atoms with Crippen LogP contribution in [-0.4, -0.2) is 51.1 Å². The number of carbonyl (C=O) groups excluding carboxylic acids is 3. The zero-order valence-corrected chi connectivity index (χ0v) is 20.8. The van der Waals surface area contributed by atoms with Gasteiger partial charge in [0.25, 0.3) is 11.1 Å². The van der Waals surface area contributed by atoms with Gasteiger partial charge in [-0.15, -0.1) is 0 Å². The van der Waals surface area contributed by atoms with Gasteiger partial charge < -0.3 is 9.47 Å². The fourth-order valence-corrected chi connectivity index (χ4v) is 5.50. The monoisotopic (exact) mass is 467 g/mol. The summed E-state index contributed by atoms with van der Waals surface area (Å²) in [5, 5.41) is 0.789. The molecule has 2 aliphatic rings. The lowest BCUT2D eigenvalue weighted by atomic mass is 9.99. The standard InChI is InChI=1S/C26H33N3O3S/c1-5-19-7-6-8-21-20(13-22-25(31)29(14-17(2)3)26(32)33-22)15-28(24(19)21)16-23(30)27-11-9-18(4)10-12-27/h6-8,13,15,17-18H,5,9-12,14,16H2,1-4H3/b22-13-. The minimum Gasteiger partial charge on any atom is -0.341 e. The van der Waals surface area contributed by atoms with Gasteiger partial charge in [0, 0.05) is 36.8 Å². The highest BCUT2D eigenvalue weighted by atomic mass is 32.2. The van der Waals surface area contributed by atoms with Crippen LogP contribution in [0.25, 0.3) is 17.0 Å². The molecule has 0 radical (unpaired) electrons. The van der Waals surface area contributed by atoms with E-state index < -0.39 is 0 Å². The number of hydrogen-bond acceptors (Lipinski definition) is 4. The smallest absolute Gasteiger partial charge is 0.293 e. The number of thioether (sulfide) groups is 1. The molecule has 33 heavy (non-hydrogen) atoms. The number of piperidine rings is 1. The van der Waals surface area contributed by atoms with Crippen molar-refractivity contribution >= 4 is 45.8 Å². The van der Waals surface area contributed by atoms with E-state index in [4.69, 9.17) is 0 Å². The summed E-state index contributed by atoms with van der Waals surface area (Å²) >= 11 is 0.997. The predicted molar refractivity (Wildman–Crippen MR) is 134 cm³/mol. The molecule has 0 unspecified atom stereocenters. The number of aryl methyl sites for hydroxylation is 1. The molecule has 2 aromatic rings. The molecule has 2 saturated heterocycles. The molecule has 1 aromatic carbocycles. The first kappa shape index (κ1) is 23.6. The van der Waals surface area contributed by atoms with E-state index in [0.29, 0.717) is 17.4 Å². The van der Waals surface area contributed by atoms with Crippen molar-refractivity contribution in [1.29, 1.82) is 0 Å². The average molecular weight is 468 g/mol. The molecule has 0 atom stereocenters. The Hall–Kier alpha value is -2.54. The van der Waals surface area contributed by atoms with E-state index in [1.807, 2.05) is 47.7 Å². The lowest BCUT2D eigenvalue weighted by Crippen LogP contribution is -2.39. The first-order valence-corrected chi connectivity index (χ1v) is 12.7. The fourth-order valence-electron chi connectivity index (χ4n) is 4.66. The first-order valence-electron chi connectivity index (χ1n) is 11.9. The quantitative estimate of drug-likeness (QED) is 0.551. The lowest BCUT2D eigenvalue weighted by molar-refractivity contribution is -0.133. The number of imide groups is 1. The van der Waals surface area contributed by atoms with Crippen LogP contribution in [0.15, 0.2) is 29.3 Å². The molecule has 3 amide bonds. The predicted octanol–water partition coefficient (Wildman–Crippen LogP) is 5.15. The highest BCUT2D eigenvalue weighted by Crippen LogP contribution is 2.35. The van der Waals surface area contributed by atoms with Crippen molar-refractivity contribution in [3.63, 3.8) is 0 Å². The van der Waals surface area contributed by atoms with Gasteiger partial charge in [-0.2, -0.15) is 0 Å². The first-order chi connectivity index (χ1) is 15.8. The number of rotatable bonds is 6. The van der Waals surface area contributed by atoms with Crippen LogP contribution in [0.3, 0.4) is 0 Å². The Morgan fingerprint density at radius 3 is 2.61 bits per heavy atom. The van der Waals surface area contributed by atoms with Crippen molar-refractivity contribution in [2.45, 2.75) is 53.5 Å². The summed E-state index contributed by atoms with van der Waals surface area (Å²) in [4.78, 5) is 42.1. The Morgan fingerprint density at radius 1 is 1.21 bits per heavy atom. The number of benzene rings is 1. The second-order valence-corrected chi connectivity index (χ2v) is 10.6. The molecule has 4 rings (SSSR count). The molecule has 2 fully saturated rings. The molecule has 1 aromatic heterocycles. The van der Waals surface area contributed by atoms with Gasteiger partial charge in [0.1, 0.15) is 6.54 Å². The molecule has 0 aliphatic carbocycles. The topological polar surface area (TPSA) is 62.6 Å². The van der Waals surface area contributed by atoms with Crippen molar-refractivity contribution in [3.8, 4) is 0 Å². The number of likely N-dealkylation sites (tertiary alicyclic amines) is 1. The molecule has 0 spiro atoms. The zero-order chi connectivity index (χ0) is 23.7. The van der Waals surface area contributed by atoms with Crippen LogP contribution in [0.1, 0.15) is 51.7 Å². The Balaban J connectivity index is 1.67. The number of carbonyl (C=O) groups is 3. The largest absolute Gasteiger partial charge is 0.341 e. The molecule has 2 aliphatic heterocycles. The molecular formula is C26H33N3O3S. The van der Waals surface area contributed by atoms with Gasteiger partial charge >= 0.3 is 0 Å². The third-order valence-electron chi connectivity index (χ3n) is 6.54. The maximum absolute atomic E-state index is 13.1. The van der Waals surface area contributed by atoms with Gasteiger partial charge in [-0.3, -0.25) is 19.3 Å². The normalized spacial score (nSPS) is 19.0. The Bertz CT molecular complexity index is 1110. The Labute approximate surface area is 200 Å². The molecule has 0 bridgehead atoms. The summed E-state index contributed by atoms with van der Waals surface area (Å²) in [6, 6.07) is 6.13. The molecule has 6 nitrogen and oxygen atoms in total. The lowest BCUT2D eigenvalue weighted by Gasteiger charge is -2.30. The van der Waals surface area contributed by atoms with Crippen LogP contribution in [0.4, 0.5) is 4.79 Å².